The minimum Gasteiger partial charge on any atom is -0.433 e. The number of hydrogen-bond donors (Lipinski definition) is 0. The fourth-order valence-corrected chi connectivity index (χ4v) is 7.11. The molecule has 3 fully saturated rings. The Morgan fingerprint density at radius 2 is 1.65 bits per heavy atom. The second kappa shape index (κ2) is 11.9. The maximum absolute atomic E-state index is 13.5. The number of ether oxygens (including phenoxy) is 1. The van der Waals surface area contributed by atoms with Gasteiger partial charge in [-0.05, 0) is 68.5 Å². The number of likely N-dealkylation sites (tertiary alicyclic amines) is 2. The molecule has 0 aromatic heterocycles. The average molecular weight is 570 g/mol. The molecule has 9 nitrogen and oxygen atoms in total. The van der Waals surface area contributed by atoms with E-state index in [2.05, 4.69) is 17.0 Å². The molecule has 3 aliphatic rings. The molecular formula is C30H39N3O6S. The third kappa shape index (κ3) is 6.34. The Morgan fingerprint density at radius 1 is 0.975 bits per heavy atom. The van der Waals surface area contributed by atoms with Crippen molar-refractivity contribution in [1.29, 1.82) is 0 Å². The van der Waals surface area contributed by atoms with Crippen LogP contribution in [0.5, 0.6) is 0 Å². The van der Waals surface area contributed by atoms with Crippen LogP contribution in [0, 0.1) is 11.3 Å². The lowest BCUT2D eigenvalue weighted by Crippen LogP contribution is -2.46. The summed E-state index contributed by atoms with van der Waals surface area (Å²) < 4.78 is 28.5. The molecule has 1 amide bonds. The highest BCUT2D eigenvalue weighted by Gasteiger charge is 2.48. The highest BCUT2D eigenvalue weighted by atomic mass is 32.2. The van der Waals surface area contributed by atoms with Crippen molar-refractivity contribution in [3.8, 4) is 0 Å². The van der Waals surface area contributed by atoms with E-state index in [1.54, 1.807) is 36.3 Å². The Bertz CT molecular complexity index is 1290. The first-order valence-corrected chi connectivity index (χ1v) is 16.0. The van der Waals surface area contributed by atoms with Gasteiger partial charge in [-0.2, -0.15) is 0 Å². The lowest BCUT2D eigenvalue weighted by atomic mass is 9.76. The van der Waals surface area contributed by atoms with Crippen LogP contribution in [-0.4, -0.2) is 87.5 Å². The van der Waals surface area contributed by atoms with E-state index in [1.165, 1.54) is 11.8 Å². The highest BCUT2D eigenvalue weighted by molar-refractivity contribution is 7.90. The molecule has 3 aliphatic heterocycles. The molecule has 0 N–H and O–H groups in total. The molecule has 10 heteroatoms. The van der Waals surface area contributed by atoms with Gasteiger partial charge in [-0.1, -0.05) is 42.5 Å². The number of carbonyl (C=O) groups is 2. The SMILES string of the molecule is CCOC(=O)ON1C[C@H](CN2CCC3(CC2)CCN(Cc2ccc(S(C)(=O)=O)cc2)C3=O)[C@@H](c2ccccc2)C1. The maximum Gasteiger partial charge on any atom is 0.527 e. The van der Waals surface area contributed by atoms with E-state index in [4.69, 9.17) is 9.57 Å². The van der Waals surface area contributed by atoms with Crippen molar-refractivity contribution >= 4 is 21.9 Å². The van der Waals surface area contributed by atoms with Gasteiger partial charge in [0.05, 0.1) is 16.9 Å². The number of piperidine rings is 1. The van der Waals surface area contributed by atoms with Gasteiger partial charge in [0.25, 0.3) is 0 Å². The number of amides is 1. The third-order valence-corrected chi connectivity index (χ3v) is 9.86. The fraction of sp³-hybridized carbons (Fsp3) is 0.533. The van der Waals surface area contributed by atoms with Gasteiger partial charge in [0, 0.05) is 44.9 Å². The fourth-order valence-electron chi connectivity index (χ4n) is 6.48. The van der Waals surface area contributed by atoms with Gasteiger partial charge < -0.3 is 19.4 Å². The van der Waals surface area contributed by atoms with Crippen LogP contribution in [0.3, 0.4) is 0 Å². The summed E-state index contributed by atoms with van der Waals surface area (Å²) in [5.41, 5.74) is 1.87. The molecular weight excluding hydrogens is 530 g/mol. The third-order valence-electron chi connectivity index (χ3n) is 8.73. The van der Waals surface area contributed by atoms with Crippen molar-refractivity contribution in [3.63, 3.8) is 0 Å². The Balaban J connectivity index is 1.18. The van der Waals surface area contributed by atoms with Gasteiger partial charge in [-0.3, -0.25) is 4.79 Å². The molecule has 3 saturated heterocycles. The van der Waals surface area contributed by atoms with E-state index >= 15 is 0 Å². The monoisotopic (exact) mass is 569 g/mol. The molecule has 216 valence electrons. The molecule has 40 heavy (non-hydrogen) atoms. The zero-order valence-corrected chi connectivity index (χ0v) is 24.1. The number of hydrogen-bond acceptors (Lipinski definition) is 8. The second-order valence-corrected chi connectivity index (χ2v) is 13.4. The van der Waals surface area contributed by atoms with Crippen molar-refractivity contribution in [2.75, 3.05) is 52.1 Å². The van der Waals surface area contributed by atoms with Crippen LogP contribution in [-0.2, 0) is 30.8 Å². The van der Waals surface area contributed by atoms with Gasteiger partial charge in [-0.15, -0.1) is 5.06 Å². The smallest absolute Gasteiger partial charge is 0.433 e. The van der Waals surface area contributed by atoms with Crippen molar-refractivity contribution in [2.45, 2.75) is 43.5 Å². The minimum absolute atomic E-state index is 0.219. The predicted octanol–water partition coefficient (Wildman–Crippen LogP) is 3.71. The highest BCUT2D eigenvalue weighted by Crippen LogP contribution is 2.43. The van der Waals surface area contributed by atoms with E-state index < -0.39 is 16.0 Å². The summed E-state index contributed by atoms with van der Waals surface area (Å²) in [4.78, 5) is 35.6. The lowest BCUT2D eigenvalue weighted by Gasteiger charge is -2.39. The van der Waals surface area contributed by atoms with Gasteiger partial charge in [0.15, 0.2) is 9.84 Å². The van der Waals surface area contributed by atoms with E-state index in [0.717, 1.165) is 51.0 Å². The Labute approximate surface area is 236 Å². The van der Waals surface area contributed by atoms with Crippen LogP contribution in [0.15, 0.2) is 59.5 Å². The van der Waals surface area contributed by atoms with Crippen LogP contribution < -0.4 is 0 Å². The molecule has 2 aromatic rings. The predicted molar refractivity (Wildman–Crippen MR) is 150 cm³/mol. The van der Waals surface area contributed by atoms with Crippen molar-refractivity contribution in [1.82, 2.24) is 14.9 Å². The first-order valence-electron chi connectivity index (χ1n) is 14.1. The number of benzene rings is 2. The summed E-state index contributed by atoms with van der Waals surface area (Å²) in [5, 5.41) is 1.73. The minimum atomic E-state index is -3.24. The van der Waals surface area contributed by atoms with Gasteiger partial charge >= 0.3 is 6.16 Å². The van der Waals surface area contributed by atoms with Crippen LogP contribution in [0.2, 0.25) is 0 Å². The van der Waals surface area contributed by atoms with Crippen LogP contribution >= 0.6 is 0 Å². The molecule has 0 aliphatic carbocycles. The number of sulfone groups is 1. The summed E-state index contributed by atoms with van der Waals surface area (Å²) >= 11 is 0. The van der Waals surface area contributed by atoms with Crippen molar-refractivity contribution in [2.24, 2.45) is 11.3 Å². The number of carbonyl (C=O) groups excluding carboxylic acids is 2. The number of hydroxylamine groups is 2. The normalized spacial score (nSPS) is 23.6. The Morgan fingerprint density at radius 3 is 2.30 bits per heavy atom. The molecule has 0 saturated carbocycles. The topological polar surface area (TPSA) is 96.5 Å². The van der Waals surface area contributed by atoms with Crippen LogP contribution in [0.1, 0.15) is 43.2 Å². The summed E-state index contributed by atoms with van der Waals surface area (Å²) in [6, 6.07) is 17.2. The molecule has 1 spiro atoms. The van der Waals surface area contributed by atoms with Gasteiger partial charge in [0.2, 0.25) is 5.91 Å². The van der Waals surface area contributed by atoms with Crippen LogP contribution in [0.25, 0.3) is 0 Å². The molecule has 3 heterocycles. The molecule has 0 unspecified atom stereocenters. The first kappa shape index (κ1) is 28.6. The molecule has 0 radical (unpaired) electrons. The molecule has 5 rings (SSSR count). The largest absolute Gasteiger partial charge is 0.527 e. The standard InChI is InChI=1S/C30H39N3O6S/c1-3-38-29(35)39-33-21-25(27(22-33)24-7-5-4-6-8-24)20-31-16-13-30(14-17-31)15-18-32(28(30)34)19-23-9-11-26(12-10-23)40(2,36)37/h4-12,25,27H,3,13-22H2,1-2H3/t25-,27+/m0/s1. The van der Waals surface area contributed by atoms with E-state index in [-0.39, 0.29) is 29.8 Å². The van der Waals surface area contributed by atoms with Gasteiger partial charge in [0.1, 0.15) is 0 Å². The van der Waals surface area contributed by atoms with Crippen molar-refractivity contribution < 1.29 is 27.6 Å². The van der Waals surface area contributed by atoms with E-state index in [9.17, 15) is 18.0 Å². The zero-order valence-electron chi connectivity index (χ0n) is 23.3. The molecule has 0 bridgehead atoms. The molecule has 2 atom stereocenters. The summed E-state index contributed by atoms with van der Waals surface area (Å²) in [7, 11) is -3.24. The Hall–Kier alpha value is -2.95. The van der Waals surface area contributed by atoms with E-state index in [0.29, 0.717) is 24.5 Å². The average Bonchev–Trinajstić information content (AvgIpc) is 3.46. The number of nitrogens with zero attached hydrogens (tertiary/aromatic N) is 3. The summed E-state index contributed by atoms with van der Waals surface area (Å²) in [6.45, 7) is 7.14. The van der Waals surface area contributed by atoms with Gasteiger partial charge in [-0.25, -0.2) is 13.2 Å². The van der Waals surface area contributed by atoms with E-state index in [1.807, 2.05) is 23.1 Å². The molecule has 2 aromatic carbocycles. The quantitative estimate of drug-likeness (QED) is 0.444. The second-order valence-electron chi connectivity index (χ2n) is 11.4. The summed E-state index contributed by atoms with van der Waals surface area (Å²) in [5.74, 6) is 0.747. The zero-order chi connectivity index (χ0) is 28.3. The first-order chi connectivity index (χ1) is 19.2. The van der Waals surface area contributed by atoms with Crippen LogP contribution in [0.4, 0.5) is 4.79 Å². The van der Waals surface area contributed by atoms with Crippen molar-refractivity contribution in [3.05, 3.63) is 65.7 Å². The number of rotatable bonds is 8. The maximum atomic E-state index is 13.5. The lowest BCUT2D eigenvalue weighted by molar-refractivity contribution is -0.139. The Kier molecular flexibility index (Phi) is 8.49. The summed E-state index contributed by atoms with van der Waals surface area (Å²) in [6.07, 6.45) is 3.07.